The second kappa shape index (κ2) is 16.1. The number of carboxylic acid groups (broad SMARTS) is 1. The first kappa shape index (κ1) is 34.4. The molecular formula is C28H36N2O14. The zero-order valence-corrected chi connectivity index (χ0v) is 24.1. The molecule has 5 atom stereocenters. The van der Waals surface area contributed by atoms with Gasteiger partial charge in [-0.05, 0) is 12.1 Å². The fourth-order valence-electron chi connectivity index (χ4n) is 3.99. The highest BCUT2D eigenvalue weighted by Gasteiger charge is 2.48. The maximum absolute atomic E-state index is 12.0. The summed E-state index contributed by atoms with van der Waals surface area (Å²) >= 11 is 0. The summed E-state index contributed by atoms with van der Waals surface area (Å²) in [5.74, 6) is -3.40. The summed E-state index contributed by atoms with van der Waals surface area (Å²) in [4.78, 5) is 59.3. The quantitative estimate of drug-likeness (QED) is 0.0800. The first-order valence-electron chi connectivity index (χ1n) is 13.8. The van der Waals surface area contributed by atoms with Crippen molar-refractivity contribution in [3.05, 3.63) is 35.9 Å². The van der Waals surface area contributed by atoms with E-state index >= 15 is 0 Å². The van der Waals surface area contributed by atoms with Crippen molar-refractivity contribution in [1.29, 1.82) is 0 Å². The zero-order valence-electron chi connectivity index (χ0n) is 24.1. The minimum atomic E-state index is -1.88. The molecule has 0 bridgehead atoms. The Hall–Kier alpha value is -4.09. The van der Waals surface area contributed by atoms with E-state index < -0.39 is 54.5 Å². The predicted molar refractivity (Wildman–Crippen MR) is 146 cm³/mol. The summed E-state index contributed by atoms with van der Waals surface area (Å²) in [6, 6.07) is 4.33. The Morgan fingerprint density at radius 2 is 1.70 bits per heavy atom. The SMILES string of the molecule is CC(C)C(=O)OCc1ccc(O[C@@H]2O[C@H](C(=O)O)[C@@H](O)[C@H](O)[C@H]2O)cc1OCCOCCNC(=O)CCN1C(=O)C=CC1=O. The van der Waals surface area contributed by atoms with Gasteiger partial charge < -0.3 is 49.4 Å². The van der Waals surface area contributed by atoms with Crippen LogP contribution in [0.25, 0.3) is 0 Å². The fourth-order valence-corrected chi connectivity index (χ4v) is 3.99. The molecule has 0 radical (unpaired) electrons. The van der Waals surface area contributed by atoms with Crippen molar-refractivity contribution in [2.24, 2.45) is 5.92 Å². The van der Waals surface area contributed by atoms with E-state index in [2.05, 4.69) is 5.32 Å². The number of aliphatic hydroxyl groups is 3. The first-order valence-corrected chi connectivity index (χ1v) is 13.8. The number of aliphatic hydroxyl groups excluding tert-OH is 3. The van der Waals surface area contributed by atoms with Gasteiger partial charge in [-0.3, -0.25) is 24.1 Å². The lowest BCUT2D eigenvalue weighted by molar-refractivity contribution is -0.271. The van der Waals surface area contributed by atoms with Crippen LogP contribution in [0.2, 0.25) is 0 Å². The predicted octanol–water partition coefficient (Wildman–Crippen LogP) is -1.52. The first-order chi connectivity index (χ1) is 20.9. The molecule has 2 aliphatic rings. The van der Waals surface area contributed by atoms with Crippen LogP contribution in [0.5, 0.6) is 11.5 Å². The largest absolute Gasteiger partial charge is 0.491 e. The standard InChI is InChI=1S/C28H36N2O14/c1-15(2)27(39)42-14-16-3-4-17(43-28-24(36)22(34)23(35)25(44-28)26(37)38)13-18(16)41-12-11-40-10-8-29-19(31)7-9-30-20(32)5-6-21(30)33/h3-6,13,15,22-25,28,34-36H,7-12,14H2,1-2H3,(H,29,31)(H,37,38)/t22-,23-,24+,25-,28+/m0/s1. The van der Waals surface area contributed by atoms with Crippen LogP contribution in [0, 0.1) is 5.92 Å². The summed E-state index contributed by atoms with van der Waals surface area (Å²) in [6.45, 7) is 3.59. The van der Waals surface area contributed by atoms with Crippen molar-refractivity contribution in [3.63, 3.8) is 0 Å². The second-order valence-electron chi connectivity index (χ2n) is 10.1. The van der Waals surface area contributed by atoms with Gasteiger partial charge in [0.1, 0.15) is 43.0 Å². The summed E-state index contributed by atoms with van der Waals surface area (Å²) in [7, 11) is 0. The van der Waals surface area contributed by atoms with Crippen LogP contribution >= 0.6 is 0 Å². The van der Waals surface area contributed by atoms with Gasteiger partial charge >= 0.3 is 11.9 Å². The number of carbonyl (C=O) groups is 5. The molecule has 16 heteroatoms. The van der Waals surface area contributed by atoms with Crippen molar-refractivity contribution < 1.29 is 68.1 Å². The Balaban J connectivity index is 1.51. The maximum atomic E-state index is 12.0. The number of esters is 1. The number of aliphatic carboxylic acids is 1. The molecule has 0 spiro atoms. The van der Waals surface area contributed by atoms with Crippen molar-refractivity contribution in [1.82, 2.24) is 10.2 Å². The van der Waals surface area contributed by atoms with E-state index in [-0.39, 0.29) is 69.3 Å². The van der Waals surface area contributed by atoms with E-state index in [1.807, 2.05) is 0 Å². The molecule has 3 rings (SSSR count). The van der Waals surface area contributed by atoms with Gasteiger partial charge in [0.25, 0.3) is 11.8 Å². The minimum absolute atomic E-state index is 0.0171. The Bertz CT molecular complexity index is 1220. The molecule has 0 aliphatic carbocycles. The molecule has 2 heterocycles. The Labute approximate surface area is 252 Å². The number of nitrogens with zero attached hydrogens (tertiary/aromatic N) is 1. The summed E-state index contributed by atoms with van der Waals surface area (Å²) in [5, 5.41) is 42.0. The molecule has 16 nitrogen and oxygen atoms in total. The number of benzene rings is 1. The average molecular weight is 625 g/mol. The molecule has 5 N–H and O–H groups in total. The van der Waals surface area contributed by atoms with Gasteiger partial charge in [0.05, 0.1) is 19.1 Å². The van der Waals surface area contributed by atoms with Gasteiger partial charge in [0, 0.05) is 43.3 Å². The number of carbonyl (C=O) groups excluding carboxylic acids is 4. The number of nitrogens with one attached hydrogen (secondary N) is 1. The van der Waals surface area contributed by atoms with Crippen molar-refractivity contribution in [2.45, 2.75) is 57.6 Å². The molecular weight excluding hydrogens is 588 g/mol. The van der Waals surface area contributed by atoms with Crippen LogP contribution in [-0.2, 0) is 44.8 Å². The van der Waals surface area contributed by atoms with E-state index in [0.29, 0.717) is 5.56 Å². The third-order valence-corrected chi connectivity index (χ3v) is 6.46. The molecule has 1 fully saturated rings. The monoisotopic (exact) mass is 624 g/mol. The molecule has 0 aromatic heterocycles. The molecule has 1 aromatic rings. The Kier molecular flexibility index (Phi) is 12.6. The third-order valence-electron chi connectivity index (χ3n) is 6.46. The summed E-state index contributed by atoms with van der Waals surface area (Å²) in [5.41, 5.74) is 0.452. The number of amides is 3. The molecule has 242 valence electrons. The fraction of sp³-hybridized carbons (Fsp3) is 0.536. The highest BCUT2D eigenvalue weighted by Crippen LogP contribution is 2.30. The molecule has 0 unspecified atom stereocenters. The average Bonchev–Trinajstić information content (AvgIpc) is 3.31. The number of ether oxygens (including phenoxy) is 5. The number of carboxylic acids is 1. The van der Waals surface area contributed by atoms with Gasteiger partial charge in [-0.2, -0.15) is 0 Å². The van der Waals surface area contributed by atoms with Crippen LogP contribution < -0.4 is 14.8 Å². The molecule has 3 amide bonds. The number of hydrogen-bond donors (Lipinski definition) is 5. The molecule has 0 saturated carbocycles. The van der Waals surface area contributed by atoms with Gasteiger partial charge in [0.15, 0.2) is 6.10 Å². The molecule has 2 aliphatic heterocycles. The van der Waals surface area contributed by atoms with E-state index in [0.717, 1.165) is 17.1 Å². The lowest BCUT2D eigenvalue weighted by Crippen LogP contribution is -2.61. The van der Waals surface area contributed by atoms with Gasteiger partial charge in [-0.25, -0.2) is 4.79 Å². The lowest BCUT2D eigenvalue weighted by Gasteiger charge is -2.38. The van der Waals surface area contributed by atoms with Crippen molar-refractivity contribution in [3.8, 4) is 11.5 Å². The van der Waals surface area contributed by atoms with E-state index in [9.17, 15) is 44.4 Å². The lowest BCUT2D eigenvalue weighted by atomic mass is 9.99. The van der Waals surface area contributed by atoms with Crippen LogP contribution in [-0.4, -0.2) is 119 Å². The van der Waals surface area contributed by atoms with E-state index in [4.69, 9.17) is 23.7 Å². The van der Waals surface area contributed by atoms with Crippen LogP contribution in [0.3, 0.4) is 0 Å². The Morgan fingerprint density at radius 1 is 1.00 bits per heavy atom. The number of hydrogen-bond acceptors (Lipinski definition) is 13. The highest BCUT2D eigenvalue weighted by molar-refractivity contribution is 6.13. The van der Waals surface area contributed by atoms with Crippen molar-refractivity contribution >= 4 is 29.7 Å². The highest BCUT2D eigenvalue weighted by atomic mass is 16.7. The molecule has 1 saturated heterocycles. The number of rotatable bonds is 16. The van der Waals surface area contributed by atoms with Crippen LogP contribution in [0.4, 0.5) is 0 Å². The van der Waals surface area contributed by atoms with Gasteiger partial charge in [-0.15, -0.1) is 0 Å². The van der Waals surface area contributed by atoms with Crippen molar-refractivity contribution in [2.75, 3.05) is 32.9 Å². The number of imide groups is 1. The second-order valence-corrected chi connectivity index (χ2v) is 10.1. The zero-order chi connectivity index (χ0) is 32.4. The molecule has 1 aromatic carbocycles. The summed E-state index contributed by atoms with van der Waals surface area (Å²) in [6.07, 6.45) is -6.75. The molecule has 44 heavy (non-hydrogen) atoms. The van der Waals surface area contributed by atoms with Gasteiger partial charge in [-0.1, -0.05) is 13.8 Å². The van der Waals surface area contributed by atoms with Gasteiger partial charge in [0.2, 0.25) is 12.2 Å². The normalized spacial score (nSPS) is 23.1. The topological polar surface area (TPSA) is 228 Å². The van der Waals surface area contributed by atoms with Crippen LogP contribution in [0.15, 0.2) is 30.4 Å². The Morgan fingerprint density at radius 3 is 2.36 bits per heavy atom. The third kappa shape index (κ3) is 9.45. The smallest absolute Gasteiger partial charge is 0.335 e. The van der Waals surface area contributed by atoms with E-state index in [1.165, 1.54) is 18.2 Å². The van der Waals surface area contributed by atoms with E-state index in [1.54, 1.807) is 13.8 Å². The summed E-state index contributed by atoms with van der Waals surface area (Å²) < 4.78 is 27.2. The maximum Gasteiger partial charge on any atom is 0.335 e. The van der Waals surface area contributed by atoms with Crippen LogP contribution in [0.1, 0.15) is 25.8 Å². The minimum Gasteiger partial charge on any atom is -0.491 e.